The summed E-state index contributed by atoms with van der Waals surface area (Å²) >= 11 is 1.59. The van der Waals surface area contributed by atoms with Gasteiger partial charge >= 0.3 is 0 Å². The second-order valence-corrected chi connectivity index (χ2v) is 6.15. The smallest absolute Gasteiger partial charge is 0.234 e. The molecule has 5 nitrogen and oxygen atoms in total. The highest BCUT2D eigenvalue weighted by Crippen LogP contribution is 2.23. The van der Waals surface area contributed by atoms with Crippen LogP contribution >= 0.6 is 11.3 Å². The number of morpholine rings is 1. The number of ether oxygens (including phenoxy) is 1. The molecule has 116 valence electrons. The Bertz CT molecular complexity index is 589. The molecule has 2 heterocycles. The largest absolute Gasteiger partial charge is 0.368 e. The Kier molecular flexibility index (Phi) is 5.15. The molecule has 1 amide bonds. The maximum Gasteiger partial charge on any atom is 0.234 e. The Balaban J connectivity index is 1.47. The standard InChI is InChI=1S/C16H19N3O2S/c20-15(18-10-13-4-2-1-3-5-13)12-19-7-8-21-14(11-19)16-17-6-9-22-16/h1-6,9,14H,7-8,10-12H2,(H,18,20)/t14-/m1/s1. The van der Waals surface area contributed by atoms with Gasteiger partial charge in [-0.2, -0.15) is 0 Å². The molecule has 1 aliphatic rings. The van der Waals surface area contributed by atoms with E-state index in [9.17, 15) is 4.79 Å². The third-order valence-electron chi connectivity index (χ3n) is 3.58. The quantitative estimate of drug-likeness (QED) is 0.914. The Morgan fingerprint density at radius 3 is 3.05 bits per heavy atom. The average molecular weight is 317 g/mol. The Morgan fingerprint density at radius 1 is 1.41 bits per heavy atom. The van der Waals surface area contributed by atoms with Crippen molar-refractivity contribution in [3.8, 4) is 0 Å². The van der Waals surface area contributed by atoms with E-state index in [1.165, 1.54) is 0 Å². The van der Waals surface area contributed by atoms with Crippen molar-refractivity contribution in [2.45, 2.75) is 12.6 Å². The first-order chi connectivity index (χ1) is 10.8. The van der Waals surface area contributed by atoms with E-state index >= 15 is 0 Å². The average Bonchev–Trinajstić information content (AvgIpc) is 3.09. The van der Waals surface area contributed by atoms with Gasteiger partial charge in [-0.1, -0.05) is 30.3 Å². The van der Waals surface area contributed by atoms with E-state index in [0.717, 1.165) is 17.1 Å². The molecule has 1 aromatic carbocycles. The predicted molar refractivity (Wildman–Crippen MR) is 85.5 cm³/mol. The van der Waals surface area contributed by atoms with Crippen molar-refractivity contribution >= 4 is 17.2 Å². The molecule has 22 heavy (non-hydrogen) atoms. The summed E-state index contributed by atoms with van der Waals surface area (Å²) in [6.07, 6.45) is 1.77. The van der Waals surface area contributed by atoms with Crippen molar-refractivity contribution in [1.82, 2.24) is 15.2 Å². The van der Waals surface area contributed by atoms with Gasteiger partial charge in [0, 0.05) is 31.2 Å². The van der Waals surface area contributed by atoms with Crippen LogP contribution in [0.15, 0.2) is 41.9 Å². The molecule has 1 N–H and O–H groups in total. The summed E-state index contributed by atoms with van der Waals surface area (Å²) < 4.78 is 5.74. The van der Waals surface area contributed by atoms with E-state index in [2.05, 4.69) is 15.2 Å². The molecule has 1 aliphatic heterocycles. The van der Waals surface area contributed by atoms with Crippen molar-refractivity contribution in [3.05, 3.63) is 52.5 Å². The minimum Gasteiger partial charge on any atom is -0.368 e. The van der Waals surface area contributed by atoms with Gasteiger partial charge in [0.1, 0.15) is 11.1 Å². The molecule has 0 unspecified atom stereocenters. The van der Waals surface area contributed by atoms with E-state index in [0.29, 0.717) is 26.2 Å². The molecule has 0 radical (unpaired) electrons. The summed E-state index contributed by atoms with van der Waals surface area (Å²) in [7, 11) is 0. The highest BCUT2D eigenvalue weighted by molar-refractivity contribution is 7.09. The number of thiazole rings is 1. The molecule has 1 atom stereocenters. The maximum atomic E-state index is 12.1. The highest BCUT2D eigenvalue weighted by atomic mass is 32.1. The second kappa shape index (κ2) is 7.49. The number of hydrogen-bond acceptors (Lipinski definition) is 5. The monoisotopic (exact) mass is 317 g/mol. The molecular formula is C16H19N3O2S. The van der Waals surface area contributed by atoms with Crippen LogP contribution in [-0.2, 0) is 16.1 Å². The highest BCUT2D eigenvalue weighted by Gasteiger charge is 2.24. The number of nitrogens with zero attached hydrogens (tertiary/aromatic N) is 2. The first-order valence-corrected chi connectivity index (χ1v) is 8.23. The minimum atomic E-state index is -0.0179. The van der Waals surface area contributed by atoms with Crippen LogP contribution in [0.4, 0.5) is 0 Å². The molecule has 1 saturated heterocycles. The number of aromatic nitrogens is 1. The molecule has 1 fully saturated rings. The molecular weight excluding hydrogens is 298 g/mol. The molecule has 0 aliphatic carbocycles. The van der Waals surface area contributed by atoms with Gasteiger partial charge in [0.15, 0.2) is 0 Å². The Hall–Kier alpha value is -1.76. The molecule has 3 rings (SSSR count). The zero-order chi connectivity index (χ0) is 15.2. The number of hydrogen-bond donors (Lipinski definition) is 1. The fraction of sp³-hybridized carbons (Fsp3) is 0.375. The van der Waals surface area contributed by atoms with E-state index in [4.69, 9.17) is 4.74 Å². The van der Waals surface area contributed by atoms with Crippen LogP contribution in [0.5, 0.6) is 0 Å². The van der Waals surface area contributed by atoms with Gasteiger partial charge in [-0.05, 0) is 5.56 Å². The first kappa shape index (κ1) is 15.1. The van der Waals surface area contributed by atoms with Crippen LogP contribution in [0.3, 0.4) is 0 Å². The van der Waals surface area contributed by atoms with E-state index in [1.54, 1.807) is 17.5 Å². The van der Waals surface area contributed by atoms with Crippen molar-refractivity contribution in [3.63, 3.8) is 0 Å². The number of rotatable bonds is 5. The van der Waals surface area contributed by atoms with Crippen molar-refractivity contribution < 1.29 is 9.53 Å². The van der Waals surface area contributed by atoms with Gasteiger partial charge in [0.25, 0.3) is 0 Å². The lowest BCUT2D eigenvalue weighted by Gasteiger charge is -2.31. The molecule has 0 bridgehead atoms. The molecule has 6 heteroatoms. The number of amides is 1. The third-order valence-corrected chi connectivity index (χ3v) is 4.44. The normalized spacial score (nSPS) is 19.0. The fourth-order valence-corrected chi connectivity index (χ4v) is 3.12. The zero-order valence-electron chi connectivity index (χ0n) is 12.3. The second-order valence-electron chi connectivity index (χ2n) is 5.23. The third kappa shape index (κ3) is 4.13. The lowest BCUT2D eigenvalue weighted by atomic mass is 10.2. The van der Waals surface area contributed by atoms with E-state index in [-0.39, 0.29) is 12.0 Å². The van der Waals surface area contributed by atoms with Gasteiger partial charge in [-0.25, -0.2) is 4.98 Å². The molecule has 2 aromatic rings. The van der Waals surface area contributed by atoms with Crippen molar-refractivity contribution in [1.29, 1.82) is 0 Å². The number of carbonyl (C=O) groups is 1. The van der Waals surface area contributed by atoms with Crippen molar-refractivity contribution in [2.24, 2.45) is 0 Å². The van der Waals surface area contributed by atoms with Crippen molar-refractivity contribution in [2.75, 3.05) is 26.2 Å². The maximum absolute atomic E-state index is 12.1. The van der Waals surface area contributed by atoms with Gasteiger partial charge in [-0.15, -0.1) is 11.3 Å². The van der Waals surface area contributed by atoms with Gasteiger partial charge in [-0.3, -0.25) is 9.69 Å². The number of benzene rings is 1. The van der Waals surface area contributed by atoms with Crippen LogP contribution in [-0.4, -0.2) is 42.0 Å². The summed E-state index contributed by atoms with van der Waals surface area (Å²) in [4.78, 5) is 18.5. The van der Waals surface area contributed by atoms with Crippen LogP contribution in [0.1, 0.15) is 16.7 Å². The van der Waals surface area contributed by atoms with Gasteiger partial charge < -0.3 is 10.1 Å². The van der Waals surface area contributed by atoms with E-state index in [1.807, 2.05) is 35.7 Å². The Labute approximate surface area is 133 Å². The van der Waals surface area contributed by atoms with Crippen LogP contribution in [0.2, 0.25) is 0 Å². The van der Waals surface area contributed by atoms with Gasteiger partial charge in [0.2, 0.25) is 5.91 Å². The summed E-state index contributed by atoms with van der Waals surface area (Å²) in [5.41, 5.74) is 1.11. The first-order valence-electron chi connectivity index (χ1n) is 7.35. The van der Waals surface area contributed by atoms with Crippen LogP contribution < -0.4 is 5.32 Å². The Morgan fingerprint density at radius 2 is 2.27 bits per heavy atom. The van der Waals surface area contributed by atoms with E-state index < -0.39 is 0 Å². The predicted octanol–water partition coefficient (Wildman–Crippen LogP) is 1.83. The van der Waals surface area contributed by atoms with Crippen LogP contribution in [0.25, 0.3) is 0 Å². The lowest BCUT2D eigenvalue weighted by Crippen LogP contribution is -2.44. The fourth-order valence-electron chi connectivity index (χ4n) is 2.44. The van der Waals surface area contributed by atoms with Crippen LogP contribution in [0, 0.1) is 0 Å². The summed E-state index contributed by atoms with van der Waals surface area (Å²) in [6.45, 7) is 3.10. The minimum absolute atomic E-state index is 0.0179. The summed E-state index contributed by atoms with van der Waals surface area (Å²) in [5, 5.41) is 5.89. The number of nitrogens with one attached hydrogen (secondary N) is 1. The summed E-state index contributed by atoms with van der Waals surface area (Å²) in [6, 6.07) is 9.93. The summed E-state index contributed by atoms with van der Waals surface area (Å²) in [5.74, 6) is 0.0450. The lowest BCUT2D eigenvalue weighted by molar-refractivity contribution is -0.124. The SMILES string of the molecule is O=C(CN1CCO[C@@H](c2nccs2)C1)NCc1ccccc1. The zero-order valence-corrected chi connectivity index (χ0v) is 13.1. The molecule has 0 spiro atoms. The topological polar surface area (TPSA) is 54.5 Å². The van der Waals surface area contributed by atoms with Gasteiger partial charge in [0.05, 0.1) is 13.2 Å². The molecule has 0 saturated carbocycles. The molecule has 1 aromatic heterocycles. The number of carbonyl (C=O) groups excluding carboxylic acids is 1.